The number of rotatable bonds is 6. The van der Waals surface area contributed by atoms with Crippen LogP contribution in [0.4, 0.5) is 0 Å². The Balaban J connectivity index is 1.87. The van der Waals surface area contributed by atoms with Crippen molar-refractivity contribution in [2.24, 2.45) is 0 Å². The van der Waals surface area contributed by atoms with E-state index in [9.17, 15) is 9.59 Å². The Morgan fingerprint density at radius 2 is 1.65 bits per heavy atom. The lowest BCUT2D eigenvalue weighted by molar-refractivity contribution is 0.0599. The van der Waals surface area contributed by atoms with Crippen LogP contribution in [-0.2, 0) is 16.0 Å². The number of carbonyl (C=O) groups is 2. The number of carbonyl (C=O) groups excluding carboxylic acids is 2. The Kier molecular flexibility index (Phi) is 4.97. The van der Waals surface area contributed by atoms with E-state index in [4.69, 9.17) is 13.9 Å². The number of furan rings is 1. The second-order valence-corrected chi connectivity index (χ2v) is 5.25. The van der Waals surface area contributed by atoms with Gasteiger partial charge in [-0.2, -0.15) is 0 Å². The van der Waals surface area contributed by atoms with Crippen LogP contribution in [0.15, 0.2) is 47.4 Å². The number of hydrogen-bond acceptors (Lipinski definition) is 8. The number of nitrogens with zero attached hydrogens (tertiary/aromatic N) is 3. The summed E-state index contributed by atoms with van der Waals surface area (Å²) >= 11 is 0. The molecule has 0 spiro atoms. The molecule has 1 aromatic carbocycles. The molecule has 0 unspecified atom stereocenters. The highest BCUT2D eigenvalue weighted by Gasteiger charge is 2.16. The van der Waals surface area contributed by atoms with E-state index in [2.05, 4.69) is 15.6 Å². The normalized spacial score (nSPS) is 10.4. The maximum absolute atomic E-state index is 11.9. The van der Waals surface area contributed by atoms with E-state index in [1.54, 1.807) is 28.9 Å². The molecule has 134 valence electrons. The van der Waals surface area contributed by atoms with Gasteiger partial charge in [-0.1, -0.05) is 0 Å². The van der Waals surface area contributed by atoms with Crippen LogP contribution in [0.1, 0.15) is 26.5 Å². The molecule has 0 atom stereocenters. The molecule has 2 aromatic heterocycles. The topological polar surface area (TPSA) is 108 Å². The molecule has 3 aromatic rings. The maximum atomic E-state index is 11.9. The minimum Gasteiger partial charge on any atom is -0.465 e. The zero-order valence-corrected chi connectivity index (χ0v) is 14.1. The van der Waals surface area contributed by atoms with Crippen molar-refractivity contribution in [3.8, 4) is 11.3 Å². The zero-order valence-electron chi connectivity index (χ0n) is 14.1. The van der Waals surface area contributed by atoms with Gasteiger partial charge in [0, 0.05) is 5.56 Å². The molecule has 0 bridgehead atoms. The van der Waals surface area contributed by atoms with Crippen LogP contribution in [0.25, 0.3) is 11.3 Å². The number of nitrogens with one attached hydrogen (secondary N) is 1. The van der Waals surface area contributed by atoms with Crippen LogP contribution in [0, 0.1) is 0 Å². The molecule has 0 aliphatic carbocycles. The van der Waals surface area contributed by atoms with Crippen LogP contribution < -0.4 is 5.43 Å². The van der Waals surface area contributed by atoms with Crippen LogP contribution in [0.5, 0.6) is 0 Å². The van der Waals surface area contributed by atoms with Crippen molar-refractivity contribution in [2.75, 3.05) is 19.6 Å². The van der Waals surface area contributed by atoms with Crippen molar-refractivity contribution in [3.63, 3.8) is 0 Å². The van der Waals surface area contributed by atoms with Gasteiger partial charge in [-0.15, -0.1) is 10.2 Å². The second kappa shape index (κ2) is 7.51. The van der Waals surface area contributed by atoms with Gasteiger partial charge in [-0.3, -0.25) is 0 Å². The van der Waals surface area contributed by atoms with Gasteiger partial charge in [0.2, 0.25) is 0 Å². The molecule has 0 aliphatic heterocycles. The van der Waals surface area contributed by atoms with Crippen molar-refractivity contribution >= 4 is 11.9 Å². The van der Waals surface area contributed by atoms with Crippen molar-refractivity contribution in [1.82, 2.24) is 14.9 Å². The Labute approximate surface area is 148 Å². The highest BCUT2D eigenvalue weighted by Crippen LogP contribution is 2.25. The Bertz CT molecular complexity index is 883. The van der Waals surface area contributed by atoms with Crippen LogP contribution in [-0.4, -0.2) is 41.0 Å². The quantitative estimate of drug-likeness (QED) is 0.667. The summed E-state index contributed by atoms with van der Waals surface area (Å²) in [5.74, 6) is 0.0364. The van der Waals surface area contributed by atoms with E-state index >= 15 is 0 Å². The highest BCUT2D eigenvalue weighted by atomic mass is 16.5. The largest absolute Gasteiger partial charge is 0.465 e. The van der Waals surface area contributed by atoms with Gasteiger partial charge < -0.3 is 19.3 Å². The van der Waals surface area contributed by atoms with E-state index in [1.807, 2.05) is 0 Å². The van der Waals surface area contributed by atoms with Crippen LogP contribution in [0.3, 0.4) is 0 Å². The predicted octanol–water partition coefficient (Wildman–Crippen LogP) is 1.85. The Morgan fingerprint density at radius 3 is 2.23 bits per heavy atom. The minimum atomic E-state index is -0.557. The number of benzene rings is 1. The van der Waals surface area contributed by atoms with Crippen molar-refractivity contribution in [3.05, 3.63) is 59.9 Å². The van der Waals surface area contributed by atoms with E-state index in [0.717, 1.165) is 0 Å². The number of methoxy groups -OCH3 is 2. The van der Waals surface area contributed by atoms with Crippen molar-refractivity contribution < 1.29 is 23.5 Å². The van der Waals surface area contributed by atoms with Gasteiger partial charge in [0.05, 0.1) is 31.9 Å². The summed E-state index contributed by atoms with van der Waals surface area (Å²) in [6.07, 6.45) is 3.04. The third-order valence-corrected chi connectivity index (χ3v) is 3.58. The fraction of sp³-hybridized carbons (Fsp3) is 0.176. The molecule has 0 saturated carbocycles. The lowest BCUT2D eigenvalue weighted by Gasteiger charge is -2.07. The summed E-state index contributed by atoms with van der Waals surface area (Å²) in [6, 6.07) is 8.14. The fourth-order valence-electron chi connectivity index (χ4n) is 2.32. The lowest BCUT2D eigenvalue weighted by Crippen LogP contribution is -2.11. The standard InChI is InChI=1S/C17H16N4O5/c1-24-16(22)12-5-11(6-13(7-12)17(23)25-2)15-4-3-14(26-15)8-20-21-9-18-19-10-21/h3-7,9-10,20H,8H2,1-2H3. The Morgan fingerprint density at radius 1 is 1.04 bits per heavy atom. The first kappa shape index (κ1) is 17.2. The molecule has 3 rings (SSSR count). The second-order valence-electron chi connectivity index (χ2n) is 5.25. The third-order valence-electron chi connectivity index (χ3n) is 3.58. The number of ether oxygens (including phenoxy) is 2. The third kappa shape index (κ3) is 3.72. The zero-order chi connectivity index (χ0) is 18.5. The van der Waals surface area contributed by atoms with Crippen molar-refractivity contribution in [1.29, 1.82) is 0 Å². The van der Waals surface area contributed by atoms with Gasteiger partial charge >= 0.3 is 11.9 Å². The predicted molar refractivity (Wildman–Crippen MR) is 89.9 cm³/mol. The smallest absolute Gasteiger partial charge is 0.337 e. The molecular weight excluding hydrogens is 340 g/mol. The summed E-state index contributed by atoms with van der Waals surface area (Å²) < 4.78 is 16.8. The van der Waals surface area contributed by atoms with Crippen molar-refractivity contribution in [2.45, 2.75) is 6.54 Å². The summed E-state index contributed by atoms with van der Waals surface area (Å²) in [4.78, 5) is 23.7. The van der Waals surface area contributed by atoms with Gasteiger partial charge in [-0.05, 0) is 30.3 Å². The molecule has 0 radical (unpaired) electrons. The average Bonchev–Trinajstić information content (AvgIpc) is 3.36. The molecule has 1 N–H and O–H groups in total. The monoisotopic (exact) mass is 356 g/mol. The van der Waals surface area contributed by atoms with Gasteiger partial charge in [-0.25, -0.2) is 14.3 Å². The summed E-state index contributed by atoms with van der Waals surface area (Å²) in [6.45, 7) is 0.401. The Hall–Kier alpha value is -3.62. The van der Waals surface area contributed by atoms with Crippen LogP contribution >= 0.6 is 0 Å². The van der Waals surface area contributed by atoms with E-state index in [0.29, 0.717) is 23.6 Å². The van der Waals surface area contributed by atoms with E-state index < -0.39 is 11.9 Å². The van der Waals surface area contributed by atoms with E-state index in [1.165, 1.54) is 32.9 Å². The SMILES string of the molecule is COC(=O)c1cc(C(=O)OC)cc(-c2ccc(CNn3cnnc3)o2)c1. The summed E-state index contributed by atoms with van der Waals surface area (Å²) in [7, 11) is 2.54. The number of hydrogen-bond donors (Lipinski definition) is 1. The summed E-state index contributed by atoms with van der Waals surface area (Å²) in [5, 5.41) is 7.38. The molecule has 0 fully saturated rings. The molecule has 0 aliphatic rings. The van der Waals surface area contributed by atoms with Crippen LogP contribution in [0.2, 0.25) is 0 Å². The number of aromatic nitrogens is 3. The number of esters is 2. The first-order valence-electron chi connectivity index (χ1n) is 7.60. The fourth-order valence-corrected chi connectivity index (χ4v) is 2.32. The minimum absolute atomic E-state index is 0.228. The molecule has 9 nitrogen and oxygen atoms in total. The molecule has 2 heterocycles. The highest BCUT2D eigenvalue weighted by molar-refractivity contribution is 5.97. The summed E-state index contributed by atoms with van der Waals surface area (Å²) in [5.41, 5.74) is 4.05. The molecule has 0 amide bonds. The first-order valence-corrected chi connectivity index (χ1v) is 7.60. The molecular formula is C17H16N4O5. The molecule has 0 saturated heterocycles. The lowest BCUT2D eigenvalue weighted by atomic mass is 10.0. The molecule has 26 heavy (non-hydrogen) atoms. The molecule has 9 heteroatoms. The van der Waals surface area contributed by atoms with Gasteiger partial charge in [0.15, 0.2) is 0 Å². The van der Waals surface area contributed by atoms with E-state index in [-0.39, 0.29) is 11.1 Å². The first-order chi connectivity index (χ1) is 12.6. The maximum Gasteiger partial charge on any atom is 0.337 e. The van der Waals surface area contributed by atoms with Gasteiger partial charge in [0.1, 0.15) is 24.2 Å². The average molecular weight is 356 g/mol. The van der Waals surface area contributed by atoms with Gasteiger partial charge in [0.25, 0.3) is 0 Å².